The van der Waals surface area contributed by atoms with Gasteiger partial charge in [0, 0.05) is 23.6 Å². The van der Waals surface area contributed by atoms with Crippen LogP contribution in [0.2, 0.25) is 0 Å². The zero-order valence-electron chi connectivity index (χ0n) is 12.7. The quantitative estimate of drug-likeness (QED) is 0.891. The number of imidazole rings is 1. The third-order valence-corrected chi connectivity index (χ3v) is 4.73. The summed E-state index contributed by atoms with van der Waals surface area (Å²) in [5.74, 6) is 1.49. The number of aromatic amines is 1. The number of amides is 1. The van der Waals surface area contributed by atoms with Gasteiger partial charge in [-0.2, -0.15) is 0 Å². The molecule has 0 spiro atoms. The molecule has 22 heavy (non-hydrogen) atoms. The first kappa shape index (κ1) is 13.5. The Balaban J connectivity index is 1.48. The van der Waals surface area contributed by atoms with Crippen LogP contribution >= 0.6 is 0 Å². The van der Waals surface area contributed by atoms with Crippen molar-refractivity contribution in [2.75, 3.05) is 5.32 Å². The highest BCUT2D eigenvalue weighted by Crippen LogP contribution is 2.29. The minimum Gasteiger partial charge on any atom is -0.346 e. The summed E-state index contributed by atoms with van der Waals surface area (Å²) in [6, 6.07) is 0. The van der Waals surface area contributed by atoms with Crippen molar-refractivity contribution < 1.29 is 9.32 Å². The standard InChI is InChI=1S/C16H20N4O2/c1-9-17-13-7-6-10(8-14(13)18-9)15(21)19-16-11-4-2-3-5-12(11)20-22-16/h10H,2-8H2,1H3,(H,17,18)(H,19,21)/t10-/m0/s1. The van der Waals surface area contributed by atoms with Gasteiger partial charge in [0.25, 0.3) is 0 Å². The lowest BCUT2D eigenvalue weighted by Crippen LogP contribution is -2.28. The van der Waals surface area contributed by atoms with Crippen LogP contribution in [0.4, 0.5) is 5.88 Å². The van der Waals surface area contributed by atoms with Gasteiger partial charge in [-0.1, -0.05) is 5.16 Å². The van der Waals surface area contributed by atoms with E-state index in [1.807, 2.05) is 6.92 Å². The number of hydrogen-bond acceptors (Lipinski definition) is 4. The van der Waals surface area contributed by atoms with E-state index in [0.717, 1.165) is 73.4 Å². The van der Waals surface area contributed by atoms with Gasteiger partial charge in [-0.15, -0.1) is 0 Å². The number of carbonyl (C=O) groups excluding carboxylic acids is 1. The minimum atomic E-state index is -0.0308. The average Bonchev–Trinajstić information content (AvgIpc) is 3.09. The van der Waals surface area contributed by atoms with Gasteiger partial charge in [0.15, 0.2) is 0 Å². The van der Waals surface area contributed by atoms with E-state index >= 15 is 0 Å². The lowest BCUT2D eigenvalue weighted by atomic mass is 9.89. The Hall–Kier alpha value is -2.11. The molecule has 0 bridgehead atoms. The molecule has 0 unspecified atom stereocenters. The lowest BCUT2D eigenvalue weighted by molar-refractivity contribution is -0.120. The molecule has 1 atom stereocenters. The van der Waals surface area contributed by atoms with Crippen LogP contribution in [-0.2, 0) is 30.5 Å². The molecule has 6 heteroatoms. The predicted octanol–water partition coefficient (Wildman–Crippen LogP) is 2.33. The van der Waals surface area contributed by atoms with Crippen molar-refractivity contribution in [3.8, 4) is 0 Å². The van der Waals surface area contributed by atoms with Crippen molar-refractivity contribution in [3.05, 3.63) is 28.5 Å². The molecule has 2 aromatic rings. The number of aromatic nitrogens is 3. The Morgan fingerprint density at radius 3 is 3.05 bits per heavy atom. The molecule has 0 saturated carbocycles. The number of carbonyl (C=O) groups is 1. The second-order valence-corrected chi connectivity index (χ2v) is 6.32. The van der Waals surface area contributed by atoms with Crippen LogP contribution in [0.5, 0.6) is 0 Å². The van der Waals surface area contributed by atoms with E-state index in [9.17, 15) is 4.79 Å². The molecule has 6 nitrogen and oxygen atoms in total. The molecule has 2 N–H and O–H groups in total. The van der Waals surface area contributed by atoms with Crippen LogP contribution in [0, 0.1) is 12.8 Å². The Morgan fingerprint density at radius 2 is 2.14 bits per heavy atom. The predicted molar refractivity (Wildman–Crippen MR) is 80.6 cm³/mol. The van der Waals surface area contributed by atoms with Gasteiger partial charge < -0.3 is 9.51 Å². The first-order valence-corrected chi connectivity index (χ1v) is 8.03. The molecule has 1 amide bonds. The summed E-state index contributed by atoms with van der Waals surface area (Å²) in [5.41, 5.74) is 4.31. The maximum atomic E-state index is 12.5. The molecule has 0 saturated heterocycles. The molecule has 0 radical (unpaired) electrons. The monoisotopic (exact) mass is 300 g/mol. The number of aryl methyl sites for hydroxylation is 3. The number of hydrogen-bond donors (Lipinski definition) is 2. The smallest absolute Gasteiger partial charge is 0.234 e. The van der Waals surface area contributed by atoms with Crippen molar-refractivity contribution in [2.45, 2.75) is 51.9 Å². The highest BCUT2D eigenvalue weighted by atomic mass is 16.5. The average molecular weight is 300 g/mol. The Labute approximate surface area is 128 Å². The molecule has 2 aliphatic rings. The summed E-state index contributed by atoms with van der Waals surface area (Å²) in [7, 11) is 0. The van der Waals surface area contributed by atoms with Crippen LogP contribution in [0.25, 0.3) is 0 Å². The van der Waals surface area contributed by atoms with Crippen LogP contribution in [0.3, 0.4) is 0 Å². The SMILES string of the molecule is Cc1nc2c([nH]1)C[C@@H](C(=O)Nc1onc3c1CCCC3)CC2. The molecule has 116 valence electrons. The number of fused-ring (bicyclic) bond motifs is 2. The Kier molecular flexibility index (Phi) is 3.24. The number of anilines is 1. The molecule has 0 fully saturated rings. The van der Waals surface area contributed by atoms with Crippen LogP contribution in [0.1, 0.15) is 47.7 Å². The zero-order valence-corrected chi connectivity index (χ0v) is 12.7. The number of nitrogens with one attached hydrogen (secondary N) is 2. The Morgan fingerprint density at radius 1 is 1.27 bits per heavy atom. The van der Waals surface area contributed by atoms with Crippen LogP contribution in [0.15, 0.2) is 4.52 Å². The fourth-order valence-corrected chi connectivity index (χ4v) is 3.55. The van der Waals surface area contributed by atoms with E-state index in [-0.39, 0.29) is 11.8 Å². The van der Waals surface area contributed by atoms with Crippen molar-refractivity contribution in [2.24, 2.45) is 5.92 Å². The van der Waals surface area contributed by atoms with Gasteiger partial charge in [-0.3, -0.25) is 10.1 Å². The summed E-state index contributed by atoms with van der Waals surface area (Å²) in [5, 5.41) is 7.04. The molecule has 2 heterocycles. The number of H-pyrrole nitrogens is 1. The maximum Gasteiger partial charge on any atom is 0.234 e. The van der Waals surface area contributed by atoms with Gasteiger partial charge in [-0.25, -0.2) is 4.98 Å². The second kappa shape index (κ2) is 5.26. The van der Waals surface area contributed by atoms with Gasteiger partial charge in [-0.05, 0) is 45.4 Å². The number of rotatable bonds is 2. The van der Waals surface area contributed by atoms with Gasteiger partial charge in [0.1, 0.15) is 5.82 Å². The second-order valence-electron chi connectivity index (χ2n) is 6.32. The fourth-order valence-electron chi connectivity index (χ4n) is 3.55. The van der Waals surface area contributed by atoms with E-state index in [1.165, 1.54) is 0 Å². The third kappa shape index (κ3) is 2.32. The largest absolute Gasteiger partial charge is 0.346 e. The first-order valence-electron chi connectivity index (χ1n) is 8.03. The summed E-state index contributed by atoms with van der Waals surface area (Å²) < 4.78 is 5.35. The van der Waals surface area contributed by atoms with Crippen LogP contribution in [-0.4, -0.2) is 21.0 Å². The summed E-state index contributed by atoms with van der Waals surface area (Å²) in [4.78, 5) is 20.3. The van der Waals surface area contributed by atoms with E-state index in [1.54, 1.807) is 0 Å². The van der Waals surface area contributed by atoms with Crippen molar-refractivity contribution >= 4 is 11.8 Å². The molecule has 2 aromatic heterocycles. The fraction of sp³-hybridized carbons (Fsp3) is 0.562. The van der Waals surface area contributed by atoms with E-state index in [4.69, 9.17) is 4.52 Å². The van der Waals surface area contributed by atoms with Crippen molar-refractivity contribution in [1.29, 1.82) is 0 Å². The van der Waals surface area contributed by atoms with E-state index in [0.29, 0.717) is 5.88 Å². The number of nitrogens with zero attached hydrogens (tertiary/aromatic N) is 2. The topological polar surface area (TPSA) is 83.8 Å². The third-order valence-electron chi connectivity index (χ3n) is 4.73. The van der Waals surface area contributed by atoms with Gasteiger partial charge in [0.05, 0.1) is 11.4 Å². The minimum absolute atomic E-state index is 0.0300. The molecular weight excluding hydrogens is 280 g/mol. The normalized spacial score (nSPS) is 20.3. The molecular formula is C16H20N4O2. The first-order chi connectivity index (χ1) is 10.7. The summed E-state index contributed by atoms with van der Waals surface area (Å²) in [6.45, 7) is 1.95. The van der Waals surface area contributed by atoms with Gasteiger partial charge >= 0.3 is 0 Å². The molecule has 0 aliphatic heterocycles. The van der Waals surface area contributed by atoms with Crippen LogP contribution < -0.4 is 5.32 Å². The molecule has 2 aliphatic carbocycles. The maximum absolute atomic E-state index is 12.5. The molecule has 0 aromatic carbocycles. The lowest BCUT2D eigenvalue weighted by Gasteiger charge is -2.20. The highest BCUT2D eigenvalue weighted by Gasteiger charge is 2.29. The molecule has 4 rings (SSSR count). The van der Waals surface area contributed by atoms with E-state index < -0.39 is 0 Å². The highest BCUT2D eigenvalue weighted by molar-refractivity contribution is 5.92. The van der Waals surface area contributed by atoms with Gasteiger partial charge in [0.2, 0.25) is 11.8 Å². The Bertz CT molecular complexity index is 716. The zero-order chi connectivity index (χ0) is 15.1. The summed E-state index contributed by atoms with van der Waals surface area (Å²) >= 11 is 0. The van der Waals surface area contributed by atoms with Crippen molar-refractivity contribution in [3.63, 3.8) is 0 Å². The van der Waals surface area contributed by atoms with E-state index in [2.05, 4.69) is 20.4 Å². The summed E-state index contributed by atoms with van der Waals surface area (Å²) in [6.07, 6.45) is 6.59. The van der Waals surface area contributed by atoms with Crippen molar-refractivity contribution in [1.82, 2.24) is 15.1 Å².